The molecule has 0 aliphatic rings. The van der Waals surface area contributed by atoms with Gasteiger partial charge in [0.05, 0.1) is 11.6 Å². The van der Waals surface area contributed by atoms with E-state index in [1.54, 1.807) is 19.1 Å². The van der Waals surface area contributed by atoms with Crippen molar-refractivity contribution in [2.45, 2.75) is 19.6 Å². The number of ether oxygens (including phenoxy) is 1. The Balaban J connectivity index is 1.80. The summed E-state index contributed by atoms with van der Waals surface area (Å²) in [7, 11) is 0. The summed E-state index contributed by atoms with van der Waals surface area (Å²) >= 11 is 1.37. The number of hydrogen-bond acceptors (Lipinski definition) is 5. The number of aromatic nitrogens is 2. The van der Waals surface area contributed by atoms with Crippen LogP contribution in [-0.2, 0) is 6.61 Å². The maximum atomic E-state index is 11.8. The van der Waals surface area contributed by atoms with Crippen LogP contribution in [0.1, 0.15) is 24.4 Å². The van der Waals surface area contributed by atoms with Crippen molar-refractivity contribution in [3.63, 3.8) is 0 Å². The Morgan fingerprint density at radius 3 is 3.10 bits per heavy atom. The highest BCUT2D eigenvalue weighted by atomic mass is 32.1. The summed E-state index contributed by atoms with van der Waals surface area (Å²) in [5.41, 5.74) is 1.31. The predicted molar refractivity (Wildman–Crippen MR) is 81.6 cm³/mol. The van der Waals surface area contributed by atoms with Crippen molar-refractivity contribution in [2.24, 2.45) is 0 Å². The summed E-state index contributed by atoms with van der Waals surface area (Å²) in [6.07, 6.45) is -0.548. The van der Waals surface area contributed by atoms with Gasteiger partial charge >= 0.3 is 0 Å². The van der Waals surface area contributed by atoms with Gasteiger partial charge in [0.15, 0.2) is 0 Å². The molecular formula is C15H14N2O3S. The molecule has 2 aromatic heterocycles. The van der Waals surface area contributed by atoms with Crippen molar-refractivity contribution >= 4 is 21.6 Å². The zero-order valence-corrected chi connectivity index (χ0v) is 12.2. The molecule has 108 valence electrons. The first kappa shape index (κ1) is 13.8. The van der Waals surface area contributed by atoms with Gasteiger partial charge in [-0.2, -0.15) is 0 Å². The van der Waals surface area contributed by atoms with Crippen molar-refractivity contribution in [3.8, 4) is 5.75 Å². The molecule has 21 heavy (non-hydrogen) atoms. The zero-order valence-electron chi connectivity index (χ0n) is 11.4. The van der Waals surface area contributed by atoms with Crippen molar-refractivity contribution in [1.29, 1.82) is 0 Å². The molecule has 0 radical (unpaired) electrons. The lowest BCUT2D eigenvalue weighted by atomic mass is 10.1. The molecule has 0 spiro atoms. The highest BCUT2D eigenvalue weighted by Gasteiger charge is 2.06. The van der Waals surface area contributed by atoms with E-state index in [0.717, 1.165) is 5.56 Å². The Hall–Kier alpha value is -2.18. The normalized spacial score (nSPS) is 12.5. The summed E-state index contributed by atoms with van der Waals surface area (Å²) in [6, 6.07) is 9.02. The molecule has 0 saturated carbocycles. The Kier molecular flexibility index (Phi) is 3.72. The smallest absolute Gasteiger partial charge is 0.268 e. The summed E-state index contributed by atoms with van der Waals surface area (Å²) in [5, 5.41) is 11.4. The van der Waals surface area contributed by atoms with Crippen LogP contribution in [0.5, 0.6) is 5.75 Å². The van der Waals surface area contributed by atoms with Gasteiger partial charge in [0.1, 0.15) is 22.9 Å². The summed E-state index contributed by atoms with van der Waals surface area (Å²) < 4.78 is 6.24. The van der Waals surface area contributed by atoms with Crippen molar-refractivity contribution in [2.75, 3.05) is 0 Å². The quantitative estimate of drug-likeness (QED) is 0.777. The second kappa shape index (κ2) is 5.67. The van der Waals surface area contributed by atoms with E-state index >= 15 is 0 Å². The van der Waals surface area contributed by atoms with E-state index in [1.807, 2.05) is 23.6 Å². The minimum Gasteiger partial charge on any atom is -0.486 e. The molecule has 3 rings (SSSR count). The Bertz CT molecular complexity index is 823. The third-order valence-electron chi connectivity index (χ3n) is 3.08. The number of fused-ring (bicyclic) bond motifs is 1. The second-order valence-electron chi connectivity index (χ2n) is 4.68. The molecule has 0 aliphatic carbocycles. The average molecular weight is 302 g/mol. The number of benzene rings is 1. The van der Waals surface area contributed by atoms with E-state index in [9.17, 15) is 9.90 Å². The van der Waals surface area contributed by atoms with E-state index < -0.39 is 6.10 Å². The fourth-order valence-electron chi connectivity index (χ4n) is 2.01. The highest BCUT2D eigenvalue weighted by molar-refractivity contribution is 7.17. The van der Waals surface area contributed by atoms with Gasteiger partial charge in [0.25, 0.3) is 5.56 Å². The average Bonchev–Trinajstić information content (AvgIpc) is 2.94. The molecule has 2 heterocycles. The molecule has 0 saturated heterocycles. The first-order valence-electron chi connectivity index (χ1n) is 6.51. The SMILES string of the molecule is C[C@@H](O)c1cccc(OCc2nc3ccsc3c(=O)[nH]2)c1. The number of thiophene rings is 1. The van der Waals surface area contributed by atoms with E-state index in [4.69, 9.17) is 4.74 Å². The maximum Gasteiger partial charge on any atom is 0.268 e. The number of hydrogen-bond donors (Lipinski definition) is 2. The molecule has 1 atom stereocenters. The predicted octanol–water partition coefficient (Wildman–Crippen LogP) is 2.62. The molecule has 2 N–H and O–H groups in total. The second-order valence-corrected chi connectivity index (χ2v) is 5.60. The zero-order chi connectivity index (χ0) is 14.8. The van der Waals surface area contributed by atoms with Gasteiger partial charge in [-0.05, 0) is 36.1 Å². The standard InChI is InChI=1S/C15H14N2O3S/c1-9(18)10-3-2-4-11(7-10)20-8-13-16-12-5-6-21-14(12)15(19)17-13/h2-7,9,18H,8H2,1H3,(H,16,17,19)/t9-/m1/s1. The fourth-order valence-corrected chi connectivity index (χ4v) is 2.73. The largest absolute Gasteiger partial charge is 0.486 e. The first-order chi connectivity index (χ1) is 10.1. The molecule has 0 aliphatic heterocycles. The number of rotatable bonds is 4. The molecule has 5 nitrogen and oxygen atoms in total. The third-order valence-corrected chi connectivity index (χ3v) is 3.98. The van der Waals surface area contributed by atoms with Crippen LogP contribution in [0.15, 0.2) is 40.5 Å². The fraction of sp³-hybridized carbons (Fsp3) is 0.200. The van der Waals surface area contributed by atoms with E-state index in [-0.39, 0.29) is 12.2 Å². The number of aliphatic hydroxyl groups excluding tert-OH is 1. The van der Waals surface area contributed by atoms with Crippen molar-refractivity contribution in [3.05, 3.63) is 57.5 Å². The van der Waals surface area contributed by atoms with Crippen molar-refractivity contribution in [1.82, 2.24) is 9.97 Å². The monoisotopic (exact) mass is 302 g/mol. The molecular weight excluding hydrogens is 288 g/mol. The van der Waals surface area contributed by atoms with Gasteiger partial charge in [-0.1, -0.05) is 12.1 Å². The van der Waals surface area contributed by atoms with Gasteiger partial charge in [-0.25, -0.2) is 4.98 Å². The lowest BCUT2D eigenvalue weighted by Gasteiger charge is -2.09. The Labute approximate surface area is 124 Å². The summed E-state index contributed by atoms with van der Waals surface area (Å²) in [4.78, 5) is 18.9. The number of aliphatic hydroxyl groups is 1. The molecule has 0 amide bonds. The van der Waals surface area contributed by atoms with Gasteiger partial charge in [0.2, 0.25) is 0 Å². The Morgan fingerprint density at radius 1 is 1.43 bits per heavy atom. The summed E-state index contributed by atoms with van der Waals surface area (Å²) in [5.74, 6) is 1.11. The van der Waals surface area contributed by atoms with Crippen LogP contribution >= 0.6 is 11.3 Å². The van der Waals surface area contributed by atoms with Gasteiger partial charge in [-0.15, -0.1) is 11.3 Å². The molecule has 0 bridgehead atoms. The van der Waals surface area contributed by atoms with Crippen LogP contribution in [0, 0.1) is 0 Å². The maximum absolute atomic E-state index is 11.8. The number of nitrogens with one attached hydrogen (secondary N) is 1. The topological polar surface area (TPSA) is 75.2 Å². The highest BCUT2D eigenvalue weighted by Crippen LogP contribution is 2.20. The minimum absolute atomic E-state index is 0.147. The number of nitrogens with zero attached hydrogens (tertiary/aromatic N) is 1. The minimum atomic E-state index is -0.548. The number of H-pyrrole nitrogens is 1. The van der Waals surface area contributed by atoms with Crippen LogP contribution in [-0.4, -0.2) is 15.1 Å². The van der Waals surface area contributed by atoms with E-state index in [1.165, 1.54) is 11.3 Å². The Morgan fingerprint density at radius 2 is 2.29 bits per heavy atom. The van der Waals surface area contributed by atoms with Gasteiger partial charge < -0.3 is 14.8 Å². The van der Waals surface area contributed by atoms with Crippen LogP contribution in [0.2, 0.25) is 0 Å². The van der Waals surface area contributed by atoms with Crippen LogP contribution in [0.25, 0.3) is 10.2 Å². The molecule has 1 aromatic carbocycles. The van der Waals surface area contributed by atoms with Crippen molar-refractivity contribution < 1.29 is 9.84 Å². The van der Waals surface area contributed by atoms with Crippen LogP contribution < -0.4 is 10.3 Å². The lowest BCUT2D eigenvalue weighted by molar-refractivity contribution is 0.198. The first-order valence-corrected chi connectivity index (χ1v) is 7.38. The van der Waals surface area contributed by atoms with Gasteiger partial charge in [-0.3, -0.25) is 4.79 Å². The van der Waals surface area contributed by atoms with E-state index in [2.05, 4.69) is 9.97 Å². The van der Waals surface area contributed by atoms with Gasteiger partial charge in [0, 0.05) is 0 Å². The molecule has 3 aromatic rings. The lowest BCUT2D eigenvalue weighted by Crippen LogP contribution is -2.12. The van der Waals surface area contributed by atoms with Crippen LogP contribution in [0.3, 0.4) is 0 Å². The van der Waals surface area contributed by atoms with Crippen LogP contribution in [0.4, 0.5) is 0 Å². The third kappa shape index (κ3) is 2.96. The summed E-state index contributed by atoms with van der Waals surface area (Å²) in [6.45, 7) is 1.87. The molecule has 0 fully saturated rings. The molecule has 0 unspecified atom stereocenters. The molecule has 6 heteroatoms. The van der Waals surface area contributed by atoms with E-state index in [0.29, 0.717) is 21.8 Å². The number of aromatic amines is 1.